The van der Waals surface area contributed by atoms with Crippen molar-refractivity contribution in [2.75, 3.05) is 13.1 Å². The largest absolute Gasteiger partial charge is 0.507 e. The highest BCUT2D eigenvalue weighted by molar-refractivity contribution is 7.89. The van der Waals surface area contributed by atoms with Gasteiger partial charge in [0.1, 0.15) is 5.75 Å². The van der Waals surface area contributed by atoms with Crippen LogP contribution in [-0.2, 0) is 10.0 Å². The Kier molecular flexibility index (Phi) is 3.77. The molecule has 1 fully saturated rings. The molecule has 6 nitrogen and oxygen atoms in total. The fraction of sp³-hybridized carbons (Fsp3) is 0.417. The van der Waals surface area contributed by atoms with Gasteiger partial charge in [-0.25, -0.2) is 13.6 Å². The highest BCUT2D eigenvalue weighted by atomic mass is 32.2. The molecule has 1 aliphatic rings. The predicted molar refractivity (Wildman–Crippen MR) is 70.1 cm³/mol. The van der Waals surface area contributed by atoms with E-state index in [0.717, 1.165) is 0 Å². The lowest BCUT2D eigenvalue weighted by Gasteiger charge is -2.31. The van der Waals surface area contributed by atoms with Gasteiger partial charge in [-0.2, -0.15) is 0 Å². The third-order valence-electron chi connectivity index (χ3n) is 3.26. The minimum Gasteiger partial charge on any atom is -0.507 e. The van der Waals surface area contributed by atoms with Crippen LogP contribution in [0.25, 0.3) is 0 Å². The summed E-state index contributed by atoms with van der Waals surface area (Å²) < 4.78 is 22.7. The Bertz CT molecular complexity index is 585. The molecule has 0 bridgehead atoms. The van der Waals surface area contributed by atoms with Gasteiger partial charge < -0.3 is 10.0 Å². The number of amides is 1. The molecule has 104 valence electrons. The van der Waals surface area contributed by atoms with Gasteiger partial charge in [0.2, 0.25) is 10.0 Å². The van der Waals surface area contributed by atoms with E-state index in [4.69, 9.17) is 5.14 Å². The molecule has 0 spiro atoms. The zero-order valence-electron chi connectivity index (χ0n) is 10.3. The molecule has 1 aromatic rings. The van der Waals surface area contributed by atoms with Gasteiger partial charge in [0, 0.05) is 13.1 Å². The van der Waals surface area contributed by atoms with Crippen LogP contribution in [0, 0.1) is 0 Å². The average molecular weight is 284 g/mol. The standard InChI is InChI=1S/C12H16N2O4S/c13-19(17,18)9-4-3-7-14(8-9)12(16)10-5-1-2-6-11(10)15/h1-2,5-6,9,15H,3-4,7-8H2,(H2,13,17,18). The van der Waals surface area contributed by atoms with E-state index in [1.165, 1.54) is 17.0 Å². The van der Waals surface area contributed by atoms with Crippen LogP contribution in [0.3, 0.4) is 0 Å². The summed E-state index contributed by atoms with van der Waals surface area (Å²) in [6.45, 7) is 0.547. The minimum atomic E-state index is -3.64. The number of rotatable bonds is 2. The molecule has 0 radical (unpaired) electrons. The van der Waals surface area contributed by atoms with E-state index in [2.05, 4.69) is 0 Å². The molecule has 0 aromatic heterocycles. The maximum atomic E-state index is 12.2. The Hall–Kier alpha value is -1.60. The third-order valence-corrected chi connectivity index (χ3v) is 4.58. The summed E-state index contributed by atoms with van der Waals surface area (Å²) in [5, 5.41) is 14.0. The average Bonchev–Trinajstić information content (AvgIpc) is 2.38. The summed E-state index contributed by atoms with van der Waals surface area (Å²) in [5.74, 6) is -0.475. The number of nitrogens with two attached hydrogens (primary N) is 1. The number of nitrogens with zero attached hydrogens (tertiary/aromatic N) is 1. The molecule has 0 aliphatic carbocycles. The number of carbonyl (C=O) groups is 1. The molecule has 7 heteroatoms. The van der Waals surface area contributed by atoms with Crippen molar-refractivity contribution in [2.45, 2.75) is 18.1 Å². The lowest BCUT2D eigenvalue weighted by molar-refractivity contribution is 0.0724. The van der Waals surface area contributed by atoms with Crippen LogP contribution in [0.1, 0.15) is 23.2 Å². The van der Waals surface area contributed by atoms with Gasteiger partial charge in [-0.3, -0.25) is 4.79 Å². The SMILES string of the molecule is NS(=O)(=O)C1CCCN(C(=O)c2ccccc2O)C1. The van der Waals surface area contributed by atoms with Crippen molar-refractivity contribution >= 4 is 15.9 Å². The summed E-state index contributed by atoms with van der Waals surface area (Å²) in [7, 11) is -3.64. The lowest BCUT2D eigenvalue weighted by Crippen LogP contribution is -2.47. The molecule has 1 amide bonds. The molecule has 0 saturated carbocycles. The number of sulfonamides is 1. The van der Waals surface area contributed by atoms with E-state index in [-0.39, 0.29) is 23.8 Å². The Morgan fingerprint density at radius 2 is 2.05 bits per heavy atom. The maximum absolute atomic E-state index is 12.2. The second kappa shape index (κ2) is 5.18. The number of phenols is 1. The van der Waals surface area contributed by atoms with E-state index in [1.807, 2.05) is 0 Å². The summed E-state index contributed by atoms with van der Waals surface area (Å²) >= 11 is 0. The molecule has 1 unspecified atom stereocenters. The summed E-state index contributed by atoms with van der Waals surface area (Å²) in [6, 6.07) is 6.20. The minimum absolute atomic E-state index is 0.0754. The first-order valence-corrected chi connectivity index (χ1v) is 7.59. The number of para-hydroxylation sites is 1. The highest BCUT2D eigenvalue weighted by Crippen LogP contribution is 2.22. The lowest BCUT2D eigenvalue weighted by atomic mass is 10.1. The van der Waals surface area contributed by atoms with Crippen LogP contribution < -0.4 is 5.14 Å². The fourth-order valence-corrected chi connectivity index (χ4v) is 3.10. The zero-order chi connectivity index (χ0) is 14.0. The predicted octanol–water partition coefficient (Wildman–Crippen LogP) is 0.285. The first-order valence-electron chi connectivity index (χ1n) is 5.98. The molecule has 1 saturated heterocycles. The number of phenolic OH excluding ortho intramolecular Hbond substituents is 1. The Labute approximate surface area is 111 Å². The molecule has 1 atom stereocenters. The van der Waals surface area contributed by atoms with Crippen LogP contribution in [0.5, 0.6) is 5.75 Å². The van der Waals surface area contributed by atoms with Crippen molar-refractivity contribution in [3.8, 4) is 5.75 Å². The van der Waals surface area contributed by atoms with Crippen molar-refractivity contribution in [3.05, 3.63) is 29.8 Å². The smallest absolute Gasteiger partial charge is 0.257 e. The summed E-state index contributed by atoms with van der Waals surface area (Å²) in [5.41, 5.74) is 0.178. The van der Waals surface area contributed by atoms with Crippen molar-refractivity contribution in [1.29, 1.82) is 0 Å². The number of benzene rings is 1. The van der Waals surface area contributed by atoms with Crippen molar-refractivity contribution in [3.63, 3.8) is 0 Å². The quantitative estimate of drug-likeness (QED) is 0.814. The third kappa shape index (κ3) is 3.05. The highest BCUT2D eigenvalue weighted by Gasteiger charge is 2.31. The number of aromatic hydroxyl groups is 1. The first kappa shape index (κ1) is 13.8. The number of hydrogen-bond acceptors (Lipinski definition) is 4. The monoisotopic (exact) mass is 284 g/mol. The molecular weight excluding hydrogens is 268 g/mol. The van der Waals surface area contributed by atoms with E-state index >= 15 is 0 Å². The van der Waals surface area contributed by atoms with Crippen molar-refractivity contribution in [1.82, 2.24) is 4.90 Å². The molecule has 2 rings (SSSR count). The summed E-state index contributed by atoms with van der Waals surface area (Å²) in [6.07, 6.45) is 1.05. The normalized spacial score (nSPS) is 20.3. The van der Waals surface area contributed by atoms with E-state index in [0.29, 0.717) is 19.4 Å². The van der Waals surface area contributed by atoms with Crippen molar-refractivity contribution < 1.29 is 18.3 Å². The maximum Gasteiger partial charge on any atom is 0.257 e. The Morgan fingerprint density at radius 1 is 1.37 bits per heavy atom. The van der Waals surface area contributed by atoms with Gasteiger partial charge in [0.15, 0.2) is 0 Å². The van der Waals surface area contributed by atoms with Crippen LogP contribution in [0.4, 0.5) is 0 Å². The number of hydrogen-bond donors (Lipinski definition) is 2. The van der Waals surface area contributed by atoms with E-state index < -0.39 is 15.3 Å². The van der Waals surface area contributed by atoms with Crippen LogP contribution in [0.2, 0.25) is 0 Å². The first-order chi connectivity index (χ1) is 8.89. The molecule has 19 heavy (non-hydrogen) atoms. The van der Waals surface area contributed by atoms with E-state index in [9.17, 15) is 18.3 Å². The summed E-state index contributed by atoms with van der Waals surface area (Å²) in [4.78, 5) is 13.6. The molecular formula is C12H16N2O4S. The van der Waals surface area contributed by atoms with E-state index in [1.54, 1.807) is 12.1 Å². The van der Waals surface area contributed by atoms with Crippen LogP contribution >= 0.6 is 0 Å². The molecule has 1 aliphatic heterocycles. The fourth-order valence-electron chi connectivity index (χ4n) is 2.22. The Balaban J connectivity index is 2.19. The number of primary sulfonamides is 1. The van der Waals surface area contributed by atoms with Crippen molar-refractivity contribution in [2.24, 2.45) is 5.14 Å². The van der Waals surface area contributed by atoms with Gasteiger partial charge in [-0.1, -0.05) is 12.1 Å². The second-order valence-electron chi connectivity index (χ2n) is 4.62. The van der Waals surface area contributed by atoms with Gasteiger partial charge in [0.05, 0.1) is 10.8 Å². The molecule has 3 N–H and O–H groups in total. The topological polar surface area (TPSA) is 101 Å². The van der Waals surface area contributed by atoms with Crippen LogP contribution in [0.15, 0.2) is 24.3 Å². The van der Waals surface area contributed by atoms with Crippen LogP contribution in [-0.4, -0.2) is 42.7 Å². The second-order valence-corrected chi connectivity index (χ2v) is 6.47. The van der Waals surface area contributed by atoms with Gasteiger partial charge in [0.25, 0.3) is 5.91 Å². The van der Waals surface area contributed by atoms with Gasteiger partial charge in [-0.15, -0.1) is 0 Å². The number of carbonyl (C=O) groups excluding carboxylic acids is 1. The zero-order valence-corrected chi connectivity index (χ0v) is 11.1. The molecule has 1 aromatic carbocycles. The number of likely N-dealkylation sites (tertiary alicyclic amines) is 1. The molecule has 1 heterocycles. The number of piperidine rings is 1. The van der Waals surface area contributed by atoms with Gasteiger partial charge >= 0.3 is 0 Å². The Morgan fingerprint density at radius 3 is 2.68 bits per heavy atom. The van der Waals surface area contributed by atoms with Gasteiger partial charge in [-0.05, 0) is 25.0 Å².